The van der Waals surface area contributed by atoms with E-state index in [-0.39, 0.29) is 19.1 Å². The molecule has 7 heteroatoms. The van der Waals surface area contributed by atoms with Gasteiger partial charge in [-0.15, -0.1) is 0 Å². The fraction of sp³-hybridized carbons (Fsp3) is 0.667. The third-order valence-corrected chi connectivity index (χ3v) is 2.00. The van der Waals surface area contributed by atoms with Crippen LogP contribution in [-0.2, 0) is 16.1 Å². The Morgan fingerprint density at radius 3 is 2.62 bits per heavy atom. The van der Waals surface area contributed by atoms with Crippen LogP contribution in [0.4, 0.5) is 0 Å². The lowest BCUT2D eigenvalue weighted by molar-refractivity contribution is -0.144. The Morgan fingerprint density at radius 1 is 1.56 bits per heavy atom. The Labute approximate surface area is 92.8 Å². The first-order valence-corrected chi connectivity index (χ1v) is 5.07. The highest BCUT2D eigenvalue weighted by Crippen LogP contribution is 2.06. The van der Waals surface area contributed by atoms with Gasteiger partial charge >= 0.3 is 11.7 Å². The zero-order valence-electron chi connectivity index (χ0n) is 9.64. The molecule has 0 aliphatic carbocycles. The molecule has 0 atom stereocenters. The van der Waals surface area contributed by atoms with E-state index in [2.05, 4.69) is 5.10 Å². The van der Waals surface area contributed by atoms with Gasteiger partial charge in [0.25, 0.3) is 0 Å². The molecule has 0 unspecified atom stereocenters. The minimum atomic E-state index is -0.517. The van der Waals surface area contributed by atoms with Gasteiger partial charge in [0.2, 0.25) is 0 Å². The van der Waals surface area contributed by atoms with Crippen LogP contribution in [-0.4, -0.2) is 27.0 Å². The second-order valence-electron chi connectivity index (χ2n) is 3.63. The van der Waals surface area contributed by atoms with E-state index in [1.165, 1.54) is 0 Å². The SMILES string of the molecule is CCOC(=O)Cn1nc(C(C)C)n(N)c1=O. The van der Waals surface area contributed by atoms with E-state index < -0.39 is 11.7 Å². The first-order chi connectivity index (χ1) is 7.47. The van der Waals surface area contributed by atoms with Crippen molar-refractivity contribution in [3.05, 3.63) is 16.3 Å². The fourth-order valence-electron chi connectivity index (χ4n) is 1.26. The van der Waals surface area contributed by atoms with Crippen molar-refractivity contribution < 1.29 is 9.53 Å². The summed E-state index contributed by atoms with van der Waals surface area (Å²) < 4.78 is 6.68. The second-order valence-corrected chi connectivity index (χ2v) is 3.63. The van der Waals surface area contributed by atoms with Crippen molar-refractivity contribution in [3.8, 4) is 0 Å². The van der Waals surface area contributed by atoms with Crippen LogP contribution in [0, 0.1) is 0 Å². The third kappa shape index (κ3) is 2.41. The van der Waals surface area contributed by atoms with Gasteiger partial charge in [0, 0.05) is 5.92 Å². The van der Waals surface area contributed by atoms with Crippen molar-refractivity contribution >= 4 is 5.97 Å². The number of carbonyl (C=O) groups is 1. The Hall–Kier alpha value is -1.79. The van der Waals surface area contributed by atoms with E-state index in [4.69, 9.17) is 10.6 Å². The highest BCUT2D eigenvalue weighted by atomic mass is 16.5. The number of nitrogen functional groups attached to an aromatic ring is 1. The van der Waals surface area contributed by atoms with Crippen LogP contribution >= 0.6 is 0 Å². The lowest BCUT2D eigenvalue weighted by Gasteiger charge is -2.00. The molecule has 0 spiro atoms. The molecule has 1 heterocycles. The fourth-order valence-corrected chi connectivity index (χ4v) is 1.26. The Kier molecular flexibility index (Phi) is 3.70. The smallest absolute Gasteiger partial charge is 0.365 e. The zero-order chi connectivity index (χ0) is 12.3. The molecule has 2 N–H and O–H groups in total. The average molecular weight is 228 g/mol. The number of hydrogen-bond acceptors (Lipinski definition) is 5. The Morgan fingerprint density at radius 2 is 2.19 bits per heavy atom. The molecule has 0 aliphatic heterocycles. The van der Waals surface area contributed by atoms with E-state index in [0.29, 0.717) is 5.82 Å². The van der Waals surface area contributed by atoms with Gasteiger partial charge < -0.3 is 10.6 Å². The van der Waals surface area contributed by atoms with Crippen molar-refractivity contribution in [1.82, 2.24) is 14.5 Å². The van der Waals surface area contributed by atoms with E-state index in [9.17, 15) is 9.59 Å². The predicted octanol–water partition coefficient (Wildman–Crippen LogP) is -0.555. The molecule has 1 aromatic rings. The Balaban J connectivity index is 2.94. The summed E-state index contributed by atoms with van der Waals surface area (Å²) in [5.74, 6) is 5.48. The minimum Gasteiger partial charge on any atom is -0.465 e. The lowest BCUT2D eigenvalue weighted by Crippen LogP contribution is -2.32. The van der Waals surface area contributed by atoms with Gasteiger partial charge in [0.1, 0.15) is 6.54 Å². The van der Waals surface area contributed by atoms with Gasteiger partial charge in [-0.1, -0.05) is 13.8 Å². The summed E-state index contributed by atoms with van der Waals surface area (Å²) in [6, 6.07) is 0. The third-order valence-electron chi connectivity index (χ3n) is 2.00. The van der Waals surface area contributed by atoms with Crippen molar-refractivity contribution in [3.63, 3.8) is 0 Å². The monoisotopic (exact) mass is 228 g/mol. The summed E-state index contributed by atoms with van der Waals surface area (Å²) in [5, 5.41) is 3.97. The molecule has 0 saturated carbocycles. The van der Waals surface area contributed by atoms with E-state index in [1.807, 2.05) is 13.8 Å². The van der Waals surface area contributed by atoms with Crippen molar-refractivity contribution in [1.29, 1.82) is 0 Å². The summed E-state index contributed by atoms with van der Waals surface area (Å²) in [4.78, 5) is 22.7. The van der Waals surface area contributed by atoms with E-state index >= 15 is 0 Å². The molecule has 0 radical (unpaired) electrons. The summed E-state index contributed by atoms with van der Waals surface area (Å²) in [6.07, 6.45) is 0. The number of nitrogens with two attached hydrogens (primary N) is 1. The molecule has 90 valence electrons. The number of ether oxygens (including phenoxy) is 1. The van der Waals surface area contributed by atoms with Gasteiger partial charge in [0.15, 0.2) is 5.82 Å². The van der Waals surface area contributed by atoms with Gasteiger partial charge in [-0.3, -0.25) is 4.79 Å². The standard InChI is InChI=1S/C9H16N4O3/c1-4-16-7(14)5-12-9(15)13(10)8(11-12)6(2)3/h6H,4-5,10H2,1-3H3. The first kappa shape index (κ1) is 12.3. The molecule has 0 bridgehead atoms. The molecular weight excluding hydrogens is 212 g/mol. The summed E-state index contributed by atoms with van der Waals surface area (Å²) in [6.45, 7) is 5.48. The van der Waals surface area contributed by atoms with Crippen LogP contribution in [0.15, 0.2) is 4.79 Å². The van der Waals surface area contributed by atoms with Crippen molar-refractivity contribution in [2.75, 3.05) is 12.4 Å². The largest absolute Gasteiger partial charge is 0.465 e. The van der Waals surface area contributed by atoms with Crippen LogP contribution in [0.25, 0.3) is 0 Å². The highest BCUT2D eigenvalue weighted by molar-refractivity contribution is 5.68. The molecule has 1 rings (SSSR count). The van der Waals surface area contributed by atoms with Gasteiger partial charge in [-0.05, 0) is 6.92 Å². The van der Waals surface area contributed by atoms with E-state index in [1.54, 1.807) is 6.92 Å². The highest BCUT2D eigenvalue weighted by Gasteiger charge is 2.16. The van der Waals surface area contributed by atoms with Crippen LogP contribution in [0.1, 0.15) is 32.5 Å². The average Bonchev–Trinajstić information content (AvgIpc) is 2.46. The minimum absolute atomic E-state index is 0.0149. The van der Waals surface area contributed by atoms with Crippen molar-refractivity contribution in [2.24, 2.45) is 0 Å². The topological polar surface area (TPSA) is 92.1 Å². The normalized spacial score (nSPS) is 10.8. The molecule has 1 aromatic heterocycles. The zero-order valence-corrected chi connectivity index (χ0v) is 9.64. The molecule has 0 saturated heterocycles. The summed E-state index contributed by atoms with van der Waals surface area (Å²) in [5.41, 5.74) is -0.517. The summed E-state index contributed by atoms with van der Waals surface area (Å²) >= 11 is 0. The quantitative estimate of drug-likeness (QED) is 0.551. The molecule has 0 aromatic carbocycles. The molecule has 0 fully saturated rings. The number of hydrogen-bond donors (Lipinski definition) is 1. The summed E-state index contributed by atoms with van der Waals surface area (Å²) in [7, 11) is 0. The van der Waals surface area contributed by atoms with Crippen LogP contribution in [0.5, 0.6) is 0 Å². The maximum atomic E-state index is 11.6. The Bertz CT molecular complexity index is 432. The number of carbonyl (C=O) groups excluding carboxylic acids is 1. The van der Waals surface area contributed by atoms with Crippen LogP contribution in [0.3, 0.4) is 0 Å². The molecule has 16 heavy (non-hydrogen) atoms. The number of rotatable bonds is 4. The number of nitrogens with zero attached hydrogens (tertiary/aromatic N) is 3. The number of aromatic nitrogens is 3. The predicted molar refractivity (Wildman–Crippen MR) is 57.4 cm³/mol. The second kappa shape index (κ2) is 4.82. The van der Waals surface area contributed by atoms with Gasteiger partial charge in [-0.25, -0.2) is 9.48 Å². The molecular formula is C9H16N4O3. The van der Waals surface area contributed by atoms with E-state index in [0.717, 1.165) is 9.36 Å². The van der Waals surface area contributed by atoms with Crippen LogP contribution < -0.4 is 11.5 Å². The van der Waals surface area contributed by atoms with Crippen LogP contribution in [0.2, 0.25) is 0 Å². The van der Waals surface area contributed by atoms with Crippen molar-refractivity contribution in [2.45, 2.75) is 33.2 Å². The molecule has 0 amide bonds. The van der Waals surface area contributed by atoms with Gasteiger partial charge in [0.05, 0.1) is 6.61 Å². The lowest BCUT2D eigenvalue weighted by atomic mass is 10.2. The molecule has 7 nitrogen and oxygen atoms in total. The maximum absolute atomic E-state index is 11.6. The first-order valence-electron chi connectivity index (χ1n) is 5.07. The number of esters is 1. The molecule has 0 aliphatic rings. The maximum Gasteiger partial charge on any atom is 0.365 e. The van der Waals surface area contributed by atoms with Gasteiger partial charge in [-0.2, -0.15) is 9.77 Å².